The van der Waals surface area contributed by atoms with Crippen LogP contribution in [0, 0.1) is 5.92 Å². The number of carbonyl (C=O) groups is 1. The number of aryl methyl sites for hydroxylation is 1. The Labute approximate surface area is 104 Å². The third-order valence-electron chi connectivity index (χ3n) is 3.23. The second kappa shape index (κ2) is 5.85. The lowest BCUT2D eigenvalue weighted by Crippen LogP contribution is -2.13. The molecule has 1 aromatic rings. The summed E-state index contributed by atoms with van der Waals surface area (Å²) in [5.74, 6) is -0.551. The molecule has 1 aromatic carbocycles. The van der Waals surface area contributed by atoms with Gasteiger partial charge in [0.15, 0.2) is 0 Å². The van der Waals surface area contributed by atoms with Crippen LogP contribution in [0.5, 0.6) is 0 Å². The molecular formula is C15H22O2. The summed E-state index contributed by atoms with van der Waals surface area (Å²) in [6, 6.07) is 6.46. The molecular weight excluding hydrogens is 212 g/mol. The van der Waals surface area contributed by atoms with Crippen molar-refractivity contribution in [1.82, 2.24) is 0 Å². The molecule has 0 aliphatic carbocycles. The molecule has 0 heterocycles. The molecule has 0 spiro atoms. The first kappa shape index (κ1) is 13.8. The Hall–Kier alpha value is -1.31. The fourth-order valence-corrected chi connectivity index (χ4v) is 1.96. The van der Waals surface area contributed by atoms with Crippen LogP contribution in [0.4, 0.5) is 0 Å². The Bertz CT molecular complexity index is 394. The Morgan fingerprint density at radius 1 is 1.24 bits per heavy atom. The standard InChI is InChI=1S/C15H22O2/c1-5-12-6-7-13(10(2)3)9-14(12)8-11(4)15(16)17/h6-7,9-11H,5,8H2,1-4H3,(H,16,17). The minimum Gasteiger partial charge on any atom is -0.481 e. The monoisotopic (exact) mass is 234 g/mol. The van der Waals surface area contributed by atoms with E-state index < -0.39 is 5.97 Å². The maximum absolute atomic E-state index is 10.9. The highest BCUT2D eigenvalue weighted by Crippen LogP contribution is 2.22. The van der Waals surface area contributed by atoms with Crippen molar-refractivity contribution in [2.75, 3.05) is 0 Å². The summed E-state index contributed by atoms with van der Waals surface area (Å²) in [4.78, 5) is 10.9. The van der Waals surface area contributed by atoms with E-state index in [9.17, 15) is 4.79 Å². The molecule has 2 nitrogen and oxygen atoms in total. The highest BCUT2D eigenvalue weighted by atomic mass is 16.4. The minimum atomic E-state index is -0.720. The topological polar surface area (TPSA) is 37.3 Å². The van der Waals surface area contributed by atoms with Crippen LogP contribution in [0.25, 0.3) is 0 Å². The van der Waals surface area contributed by atoms with Crippen molar-refractivity contribution in [2.24, 2.45) is 5.92 Å². The van der Waals surface area contributed by atoms with Gasteiger partial charge in [-0.3, -0.25) is 4.79 Å². The first-order chi connectivity index (χ1) is 7.95. The SMILES string of the molecule is CCc1ccc(C(C)C)cc1CC(C)C(=O)O. The Morgan fingerprint density at radius 3 is 2.35 bits per heavy atom. The van der Waals surface area contributed by atoms with Crippen LogP contribution in [0.2, 0.25) is 0 Å². The van der Waals surface area contributed by atoms with E-state index >= 15 is 0 Å². The largest absolute Gasteiger partial charge is 0.481 e. The molecule has 2 heteroatoms. The van der Waals surface area contributed by atoms with Gasteiger partial charge in [-0.2, -0.15) is 0 Å². The highest BCUT2D eigenvalue weighted by molar-refractivity contribution is 5.70. The van der Waals surface area contributed by atoms with Crippen molar-refractivity contribution >= 4 is 5.97 Å². The zero-order valence-corrected chi connectivity index (χ0v) is 11.2. The second-order valence-electron chi connectivity index (χ2n) is 4.98. The lowest BCUT2D eigenvalue weighted by atomic mass is 9.91. The van der Waals surface area contributed by atoms with Gasteiger partial charge in [-0.25, -0.2) is 0 Å². The van der Waals surface area contributed by atoms with Crippen molar-refractivity contribution in [3.8, 4) is 0 Å². The van der Waals surface area contributed by atoms with Crippen LogP contribution >= 0.6 is 0 Å². The fourth-order valence-electron chi connectivity index (χ4n) is 1.96. The average molecular weight is 234 g/mol. The van der Waals surface area contributed by atoms with E-state index in [4.69, 9.17) is 5.11 Å². The number of aliphatic carboxylic acids is 1. The number of hydrogen-bond donors (Lipinski definition) is 1. The summed E-state index contributed by atoms with van der Waals surface area (Å²) >= 11 is 0. The Balaban J connectivity index is 3.01. The molecule has 0 amide bonds. The van der Waals surface area contributed by atoms with Crippen molar-refractivity contribution < 1.29 is 9.90 Å². The van der Waals surface area contributed by atoms with Gasteiger partial charge in [0, 0.05) is 0 Å². The molecule has 17 heavy (non-hydrogen) atoms. The Morgan fingerprint density at radius 2 is 1.88 bits per heavy atom. The summed E-state index contributed by atoms with van der Waals surface area (Å²) in [7, 11) is 0. The van der Waals surface area contributed by atoms with Gasteiger partial charge in [0.25, 0.3) is 0 Å². The number of benzene rings is 1. The van der Waals surface area contributed by atoms with E-state index in [2.05, 4.69) is 39.0 Å². The van der Waals surface area contributed by atoms with Gasteiger partial charge in [-0.1, -0.05) is 45.9 Å². The number of carboxylic acid groups (broad SMARTS) is 1. The van der Waals surface area contributed by atoms with Crippen molar-refractivity contribution in [1.29, 1.82) is 0 Å². The smallest absolute Gasteiger partial charge is 0.306 e. The van der Waals surface area contributed by atoms with Gasteiger partial charge in [-0.05, 0) is 35.4 Å². The van der Waals surface area contributed by atoms with E-state index in [-0.39, 0.29) is 5.92 Å². The first-order valence-electron chi connectivity index (χ1n) is 6.30. The molecule has 1 N–H and O–H groups in total. The van der Waals surface area contributed by atoms with E-state index in [1.807, 2.05) is 0 Å². The molecule has 1 unspecified atom stereocenters. The maximum Gasteiger partial charge on any atom is 0.306 e. The zero-order chi connectivity index (χ0) is 13.0. The molecule has 94 valence electrons. The molecule has 0 bridgehead atoms. The molecule has 0 aromatic heterocycles. The van der Waals surface area contributed by atoms with E-state index in [1.165, 1.54) is 16.7 Å². The molecule has 1 atom stereocenters. The first-order valence-corrected chi connectivity index (χ1v) is 6.30. The van der Waals surface area contributed by atoms with Gasteiger partial charge >= 0.3 is 5.97 Å². The van der Waals surface area contributed by atoms with Crippen LogP contribution in [0.15, 0.2) is 18.2 Å². The van der Waals surface area contributed by atoms with Gasteiger partial charge in [0.2, 0.25) is 0 Å². The van der Waals surface area contributed by atoms with Gasteiger partial charge in [-0.15, -0.1) is 0 Å². The van der Waals surface area contributed by atoms with Crippen molar-refractivity contribution in [2.45, 2.75) is 46.5 Å². The predicted molar refractivity (Wildman–Crippen MR) is 70.4 cm³/mol. The Kier molecular flexibility index (Phi) is 4.73. The average Bonchev–Trinajstić information content (AvgIpc) is 2.28. The highest BCUT2D eigenvalue weighted by Gasteiger charge is 2.14. The number of rotatable bonds is 5. The van der Waals surface area contributed by atoms with Crippen LogP contribution < -0.4 is 0 Å². The van der Waals surface area contributed by atoms with Gasteiger partial charge in [0.05, 0.1) is 5.92 Å². The van der Waals surface area contributed by atoms with Gasteiger partial charge < -0.3 is 5.11 Å². The summed E-state index contributed by atoms with van der Waals surface area (Å²) in [6.07, 6.45) is 1.58. The number of hydrogen-bond acceptors (Lipinski definition) is 1. The normalized spacial score (nSPS) is 12.8. The van der Waals surface area contributed by atoms with Gasteiger partial charge in [0.1, 0.15) is 0 Å². The molecule has 0 saturated heterocycles. The lowest BCUT2D eigenvalue weighted by Gasteiger charge is -2.14. The summed E-state index contributed by atoms with van der Waals surface area (Å²) in [6.45, 7) is 8.19. The minimum absolute atomic E-state index is 0.317. The van der Waals surface area contributed by atoms with E-state index in [0.717, 1.165) is 6.42 Å². The van der Waals surface area contributed by atoms with Crippen LogP contribution in [0.1, 0.15) is 50.3 Å². The zero-order valence-electron chi connectivity index (χ0n) is 11.2. The summed E-state index contributed by atoms with van der Waals surface area (Å²) < 4.78 is 0. The van der Waals surface area contributed by atoms with Crippen molar-refractivity contribution in [3.63, 3.8) is 0 Å². The third kappa shape index (κ3) is 3.58. The molecule has 0 fully saturated rings. The lowest BCUT2D eigenvalue weighted by molar-refractivity contribution is -0.141. The van der Waals surface area contributed by atoms with E-state index in [0.29, 0.717) is 12.3 Å². The molecule has 1 rings (SSSR count). The molecule has 0 saturated carbocycles. The predicted octanol–water partition coefficient (Wildman–Crippen LogP) is 3.64. The molecule has 0 aliphatic heterocycles. The van der Waals surface area contributed by atoms with Crippen LogP contribution in [0.3, 0.4) is 0 Å². The molecule has 0 radical (unpaired) electrons. The van der Waals surface area contributed by atoms with Crippen molar-refractivity contribution in [3.05, 3.63) is 34.9 Å². The quantitative estimate of drug-likeness (QED) is 0.844. The van der Waals surface area contributed by atoms with Crippen LogP contribution in [-0.2, 0) is 17.6 Å². The fraction of sp³-hybridized carbons (Fsp3) is 0.533. The summed E-state index contributed by atoms with van der Waals surface area (Å²) in [5, 5.41) is 8.99. The number of carboxylic acids is 1. The maximum atomic E-state index is 10.9. The van der Waals surface area contributed by atoms with Crippen LogP contribution in [-0.4, -0.2) is 11.1 Å². The second-order valence-corrected chi connectivity index (χ2v) is 4.98. The third-order valence-corrected chi connectivity index (χ3v) is 3.23. The summed E-state index contributed by atoms with van der Waals surface area (Å²) in [5.41, 5.74) is 3.74. The molecule has 0 aliphatic rings. The van der Waals surface area contributed by atoms with E-state index in [1.54, 1.807) is 6.92 Å².